The largest absolute Gasteiger partial charge is 0.389 e. The molecule has 1 aliphatic heterocycles. The van der Waals surface area contributed by atoms with Crippen LogP contribution in [0.3, 0.4) is 0 Å². The van der Waals surface area contributed by atoms with Crippen molar-refractivity contribution in [1.82, 2.24) is 0 Å². The molecule has 0 saturated carbocycles. The van der Waals surface area contributed by atoms with E-state index in [9.17, 15) is 5.11 Å². The second-order valence-electron chi connectivity index (χ2n) is 4.75. The highest BCUT2D eigenvalue weighted by molar-refractivity contribution is 8.00. The Morgan fingerprint density at radius 1 is 1.67 bits per heavy atom. The molecule has 1 rings (SSSR count). The van der Waals surface area contributed by atoms with Crippen LogP contribution in [0.25, 0.3) is 0 Å². The minimum atomic E-state index is -0.727. The van der Waals surface area contributed by atoms with E-state index in [2.05, 4.69) is 13.8 Å². The van der Waals surface area contributed by atoms with Crippen LogP contribution in [0.1, 0.15) is 33.6 Å². The van der Waals surface area contributed by atoms with Crippen molar-refractivity contribution in [2.75, 3.05) is 13.2 Å². The fourth-order valence-corrected chi connectivity index (χ4v) is 3.52. The first-order valence-corrected chi connectivity index (χ1v) is 6.58. The molecule has 90 valence electrons. The monoisotopic (exact) mass is 233 g/mol. The van der Waals surface area contributed by atoms with Gasteiger partial charge in [0.15, 0.2) is 0 Å². The topological polar surface area (TPSA) is 55.5 Å². The van der Waals surface area contributed by atoms with Crippen LogP contribution in [0.2, 0.25) is 0 Å². The molecule has 1 aliphatic rings. The molecule has 15 heavy (non-hydrogen) atoms. The lowest BCUT2D eigenvalue weighted by Gasteiger charge is -2.27. The maximum absolute atomic E-state index is 9.86. The molecular weight excluding hydrogens is 210 g/mol. The van der Waals surface area contributed by atoms with Crippen molar-refractivity contribution in [3.63, 3.8) is 0 Å². The molecular formula is C11H23NO2S. The predicted octanol–water partition coefficient (Wildman–Crippen LogP) is 1.39. The van der Waals surface area contributed by atoms with Gasteiger partial charge in [-0.2, -0.15) is 11.8 Å². The van der Waals surface area contributed by atoms with E-state index in [-0.39, 0.29) is 0 Å². The van der Waals surface area contributed by atoms with Crippen molar-refractivity contribution in [3.8, 4) is 0 Å². The van der Waals surface area contributed by atoms with Crippen LogP contribution in [0.15, 0.2) is 0 Å². The number of hydrogen-bond acceptors (Lipinski definition) is 4. The van der Waals surface area contributed by atoms with Crippen LogP contribution in [0, 0.1) is 0 Å². The number of thioether (sulfide) groups is 1. The summed E-state index contributed by atoms with van der Waals surface area (Å²) in [6.07, 6.45) is 2.22. The number of ether oxygens (including phenoxy) is 1. The number of aliphatic hydroxyl groups is 1. The van der Waals surface area contributed by atoms with E-state index in [1.165, 1.54) is 0 Å². The lowest BCUT2D eigenvalue weighted by Crippen LogP contribution is -2.37. The van der Waals surface area contributed by atoms with Gasteiger partial charge in [0, 0.05) is 23.7 Å². The molecule has 4 unspecified atom stereocenters. The first-order valence-electron chi connectivity index (χ1n) is 5.64. The quantitative estimate of drug-likeness (QED) is 0.753. The van der Waals surface area contributed by atoms with Gasteiger partial charge in [0.1, 0.15) is 0 Å². The van der Waals surface area contributed by atoms with Crippen molar-refractivity contribution in [3.05, 3.63) is 0 Å². The molecule has 0 aliphatic carbocycles. The zero-order valence-electron chi connectivity index (χ0n) is 9.90. The lowest BCUT2D eigenvalue weighted by atomic mass is 10.0. The highest BCUT2D eigenvalue weighted by Crippen LogP contribution is 2.32. The zero-order valence-corrected chi connectivity index (χ0v) is 10.7. The number of rotatable bonds is 5. The predicted molar refractivity (Wildman–Crippen MR) is 65.2 cm³/mol. The third-order valence-electron chi connectivity index (χ3n) is 2.88. The molecule has 4 heteroatoms. The van der Waals surface area contributed by atoms with Crippen LogP contribution in [-0.2, 0) is 4.74 Å². The summed E-state index contributed by atoms with van der Waals surface area (Å²) >= 11 is 1.92. The van der Waals surface area contributed by atoms with Crippen molar-refractivity contribution < 1.29 is 9.84 Å². The lowest BCUT2D eigenvalue weighted by molar-refractivity contribution is 0.0607. The molecule has 1 saturated heterocycles. The Bertz CT molecular complexity index is 199. The van der Waals surface area contributed by atoms with E-state index in [0.29, 0.717) is 23.1 Å². The summed E-state index contributed by atoms with van der Waals surface area (Å²) in [7, 11) is 0. The van der Waals surface area contributed by atoms with Gasteiger partial charge in [0.05, 0.1) is 11.7 Å². The summed E-state index contributed by atoms with van der Waals surface area (Å²) in [5.41, 5.74) is 4.78. The Morgan fingerprint density at radius 3 is 2.80 bits per heavy atom. The van der Waals surface area contributed by atoms with E-state index in [1.807, 2.05) is 11.8 Å². The molecule has 3 N–H and O–H groups in total. The van der Waals surface area contributed by atoms with E-state index >= 15 is 0 Å². The second-order valence-corrected chi connectivity index (χ2v) is 6.44. The Balaban J connectivity index is 2.32. The first kappa shape index (κ1) is 13.3. The molecule has 0 aromatic rings. The summed E-state index contributed by atoms with van der Waals surface area (Å²) in [6, 6.07) is 0. The van der Waals surface area contributed by atoms with Gasteiger partial charge in [-0.05, 0) is 26.7 Å². The number of hydrogen-bond donors (Lipinski definition) is 2. The fraction of sp³-hybridized carbons (Fsp3) is 1.00. The summed E-state index contributed by atoms with van der Waals surface area (Å²) in [5, 5.41) is 10.9. The Kier molecular flexibility index (Phi) is 4.90. The van der Waals surface area contributed by atoms with Crippen molar-refractivity contribution in [2.45, 2.75) is 55.8 Å². The van der Waals surface area contributed by atoms with E-state index in [4.69, 9.17) is 10.5 Å². The van der Waals surface area contributed by atoms with Gasteiger partial charge in [0.25, 0.3) is 0 Å². The van der Waals surface area contributed by atoms with Crippen molar-refractivity contribution >= 4 is 11.8 Å². The smallest absolute Gasteiger partial charge is 0.0751 e. The summed E-state index contributed by atoms with van der Waals surface area (Å²) in [6.45, 7) is 7.28. The maximum atomic E-state index is 9.86. The van der Waals surface area contributed by atoms with Crippen molar-refractivity contribution in [1.29, 1.82) is 0 Å². The van der Waals surface area contributed by atoms with Crippen LogP contribution in [0.5, 0.6) is 0 Å². The Labute approximate surface area is 96.8 Å². The number of nitrogens with two attached hydrogens (primary N) is 1. The molecule has 0 aromatic heterocycles. The zero-order chi connectivity index (χ0) is 11.5. The maximum Gasteiger partial charge on any atom is 0.0751 e. The molecule has 4 atom stereocenters. The highest BCUT2D eigenvalue weighted by atomic mass is 32.2. The van der Waals surface area contributed by atoms with Gasteiger partial charge in [-0.3, -0.25) is 0 Å². The summed E-state index contributed by atoms with van der Waals surface area (Å²) < 4.78 is 5.51. The molecule has 0 bridgehead atoms. The molecule has 0 amide bonds. The van der Waals surface area contributed by atoms with Gasteiger partial charge in [-0.25, -0.2) is 0 Å². The summed E-state index contributed by atoms with van der Waals surface area (Å²) in [4.78, 5) is 0. The van der Waals surface area contributed by atoms with Crippen LogP contribution in [-0.4, -0.2) is 40.5 Å². The summed E-state index contributed by atoms with van der Waals surface area (Å²) in [5.74, 6) is 0. The van der Waals surface area contributed by atoms with E-state index in [0.717, 1.165) is 19.4 Å². The van der Waals surface area contributed by atoms with Gasteiger partial charge in [-0.15, -0.1) is 0 Å². The normalized spacial score (nSPS) is 32.6. The van der Waals surface area contributed by atoms with Gasteiger partial charge >= 0.3 is 0 Å². The van der Waals surface area contributed by atoms with Crippen LogP contribution >= 0.6 is 11.8 Å². The van der Waals surface area contributed by atoms with E-state index in [1.54, 1.807) is 6.92 Å². The molecule has 3 nitrogen and oxygen atoms in total. The average molecular weight is 233 g/mol. The third-order valence-corrected chi connectivity index (χ3v) is 4.48. The molecule has 1 heterocycles. The first-order chi connectivity index (χ1) is 6.94. The molecule has 1 fully saturated rings. The standard InChI is InChI=1S/C11H23NO2S/c1-8(6-11(3,13)7-12)15-10-4-5-14-9(10)2/h8-10,13H,4-7,12H2,1-3H3. The Morgan fingerprint density at radius 2 is 2.33 bits per heavy atom. The fourth-order valence-electron chi connectivity index (χ4n) is 1.94. The SMILES string of the molecule is CC(CC(C)(O)CN)SC1CCOC1C. The van der Waals surface area contributed by atoms with Gasteiger partial charge in [0.2, 0.25) is 0 Å². The van der Waals surface area contributed by atoms with Gasteiger partial charge < -0.3 is 15.6 Å². The van der Waals surface area contributed by atoms with Crippen molar-refractivity contribution in [2.24, 2.45) is 5.73 Å². The Hall–Kier alpha value is 0.230. The second kappa shape index (κ2) is 5.53. The molecule has 0 spiro atoms. The average Bonchev–Trinajstić information content (AvgIpc) is 2.51. The highest BCUT2D eigenvalue weighted by Gasteiger charge is 2.29. The van der Waals surface area contributed by atoms with Gasteiger partial charge in [-0.1, -0.05) is 6.92 Å². The minimum Gasteiger partial charge on any atom is -0.389 e. The van der Waals surface area contributed by atoms with E-state index < -0.39 is 5.60 Å². The van der Waals surface area contributed by atoms with Crippen LogP contribution in [0.4, 0.5) is 0 Å². The minimum absolute atomic E-state index is 0.328. The third kappa shape index (κ3) is 4.31. The van der Waals surface area contributed by atoms with Crippen LogP contribution < -0.4 is 5.73 Å². The molecule has 0 aromatic carbocycles. The molecule has 0 radical (unpaired) electrons.